The highest BCUT2D eigenvalue weighted by molar-refractivity contribution is 5.31. The number of aromatic amines is 1. The number of hydrogen-bond donors (Lipinski definition) is 1. The van der Waals surface area contributed by atoms with Crippen LogP contribution in [0.15, 0.2) is 34.3 Å². The number of aliphatic imine (C=N–C) groups is 1. The Morgan fingerprint density at radius 3 is 2.59 bits per heavy atom. The maximum absolute atomic E-state index is 12.1. The second-order valence-corrected chi connectivity index (χ2v) is 8.08. The molecule has 1 aliphatic carbocycles. The van der Waals surface area contributed by atoms with Crippen LogP contribution in [0.25, 0.3) is 0 Å². The van der Waals surface area contributed by atoms with Crippen molar-refractivity contribution in [3.63, 3.8) is 0 Å². The highest BCUT2D eigenvalue weighted by atomic mass is 16.1. The van der Waals surface area contributed by atoms with Crippen LogP contribution in [0.3, 0.4) is 0 Å². The Labute approximate surface area is 171 Å². The van der Waals surface area contributed by atoms with Gasteiger partial charge in [0, 0.05) is 67.4 Å². The molecule has 2 fully saturated rings. The van der Waals surface area contributed by atoms with Crippen LogP contribution in [0, 0.1) is 0 Å². The first kappa shape index (κ1) is 19.8. The Kier molecular flexibility index (Phi) is 6.04. The number of aromatic nitrogens is 3. The Bertz CT molecular complexity index is 885. The number of hydrogen-bond acceptors (Lipinski definition) is 6. The molecule has 1 N–H and O–H groups in total. The van der Waals surface area contributed by atoms with E-state index in [0.717, 1.165) is 68.2 Å². The summed E-state index contributed by atoms with van der Waals surface area (Å²) in [5, 5.41) is 0. The normalized spacial score (nSPS) is 22.7. The van der Waals surface area contributed by atoms with Crippen molar-refractivity contribution in [3.05, 3.63) is 51.7 Å². The fourth-order valence-electron chi connectivity index (χ4n) is 4.62. The summed E-state index contributed by atoms with van der Waals surface area (Å²) in [4.78, 5) is 33.0. The molecule has 7 nitrogen and oxygen atoms in total. The molecule has 2 aromatic rings. The molecule has 2 atom stereocenters. The molecule has 2 aliphatic rings. The van der Waals surface area contributed by atoms with Crippen LogP contribution in [-0.4, -0.2) is 58.8 Å². The van der Waals surface area contributed by atoms with E-state index in [1.165, 1.54) is 6.42 Å². The third-order valence-corrected chi connectivity index (χ3v) is 6.34. The van der Waals surface area contributed by atoms with E-state index in [0.29, 0.717) is 18.5 Å². The maximum atomic E-state index is 12.1. The Balaban J connectivity index is 1.32. The fourth-order valence-corrected chi connectivity index (χ4v) is 4.62. The SMILES string of the molecule is C=NCc1cnc(N2CCN([C@H]3CC[C@@H](c4ccc(CC)c(=O)[nH]4)C3)CC2)nc1. The average Bonchev–Trinajstić information content (AvgIpc) is 3.25. The highest BCUT2D eigenvalue weighted by Gasteiger charge is 2.32. The lowest BCUT2D eigenvalue weighted by Gasteiger charge is -2.38. The third kappa shape index (κ3) is 4.40. The summed E-state index contributed by atoms with van der Waals surface area (Å²) in [6.07, 6.45) is 7.94. The van der Waals surface area contributed by atoms with Crippen molar-refractivity contribution in [3.8, 4) is 0 Å². The molecule has 2 aromatic heterocycles. The zero-order chi connectivity index (χ0) is 20.2. The van der Waals surface area contributed by atoms with E-state index in [1.807, 2.05) is 25.4 Å². The predicted molar refractivity (Wildman–Crippen MR) is 116 cm³/mol. The second kappa shape index (κ2) is 8.86. The Morgan fingerprint density at radius 2 is 1.93 bits per heavy atom. The monoisotopic (exact) mass is 394 g/mol. The summed E-state index contributed by atoms with van der Waals surface area (Å²) < 4.78 is 0. The van der Waals surface area contributed by atoms with E-state index in [4.69, 9.17) is 0 Å². The second-order valence-electron chi connectivity index (χ2n) is 8.08. The zero-order valence-electron chi connectivity index (χ0n) is 17.2. The van der Waals surface area contributed by atoms with Gasteiger partial charge in [-0.15, -0.1) is 0 Å². The topological polar surface area (TPSA) is 77.5 Å². The molecule has 0 amide bonds. The van der Waals surface area contributed by atoms with Crippen molar-refractivity contribution in [2.45, 2.75) is 51.1 Å². The molecule has 4 rings (SSSR count). The van der Waals surface area contributed by atoms with E-state index in [9.17, 15) is 4.79 Å². The van der Waals surface area contributed by atoms with Crippen molar-refractivity contribution in [1.29, 1.82) is 0 Å². The molecule has 7 heteroatoms. The first-order valence-electron chi connectivity index (χ1n) is 10.6. The van der Waals surface area contributed by atoms with Crippen molar-refractivity contribution >= 4 is 12.7 Å². The summed E-state index contributed by atoms with van der Waals surface area (Å²) in [6, 6.07) is 4.71. The average molecular weight is 395 g/mol. The van der Waals surface area contributed by atoms with Crippen LogP contribution < -0.4 is 10.5 Å². The van der Waals surface area contributed by atoms with Crippen LogP contribution in [0.4, 0.5) is 5.95 Å². The molecule has 154 valence electrons. The van der Waals surface area contributed by atoms with Crippen molar-refractivity contribution < 1.29 is 0 Å². The molecule has 0 bridgehead atoms. The number of nitrogens with zero attached hydrogens (tertiary/aromatic N) is 5. The summed E-state index contributed by atoms with van der Waals surface area (Å²) >= 11 is 0. The van der Waals surface area contributed by atoms with Crippen LogP contribution in [0.2, 0.25) is 0 Å². The van der Waals surface area contributed by atoms with Crippen LogP contribution in [0.5, 0.6) is 0 Å². The number of H-pyrrole nitrogens is 1. The standard InChI is InChI=1S/C22H30N6O/c1-3-17-5-7-20(26-21(17)29)18-4-6-19(12-18)27-8-10-28(11-9-27)22-24-14-16(13-23-2)15-25-22/h5,7,14-15,18-19H,2-4,6,8-13H2,1H3,(H,26,29)/t18-,19+/m1/s1. The lowest BCUT2D eigenvalue weighted by molar-refractivity contribution is 0.185. The minimum absolute atomic E-state index is 0.0805. The van der Waals surface area contributed by atoms with Gasteiger partial charge in [-0.05, 0) is 38.5 Å². The van der Waals surface area contributed by atoms with Gasteiger partial charge in [-0.1, -0.05) is 13.0 Å². The zero-order valence-corrected chi connectivity index (χ0v) is 17.2. The fraction of sp³-hybridized carbons (Fsp3) is 0.545. The Hall–Kier alpha value is -2.54. The maximum Gasteiger partial charge on any atom is 0.251 e. The number of pyridine rings is 1. The lowest BCUT2D eigenvalue weighted by atomic mass is 10.0. The minimum atomic E-state index is 0.0805. The highest BCUT2D eigenvalue weighted by Crippen LogP contribution is 2.36. The van der Waals surface area contributed by atoms with Gasteiger partial charge in [-0.3, -0.25) is 14.7 Å². The van der Waals surface area contributed by atoms with Gasteiger partial charge in [0.15, 0.2) is 0 Å². The quantitative estimate of drug-likeness (QED) is 0.761. The molecule has 29 heavy (non-hydrogen) atoms. The number of piperazine rings is 1. The van der Waals surface area contributed by atoms with Gasteiger partial charge in [-0.25, -0.2) is 9.97 Å². The number of aryl methyl sites for hydroxylation is 1. The van der Waals surface area contributed by atoms with Gasteiger partial charge < -0.3 is 9.88 Å². The third-order valence-electron chi connectivity index (χ3n) is 6.34. The van der Waals surface area contributed by atoms with E-state index in [1.54, 1.807) is 0 Å². The molecule has 1 saturated carbocycles. The number of nitrogens with one attached hydrogen (secondary N) is 1. The number of rotatable bonds is 6. The summed E-state index contributed by atoms with van der Waals surface area (Å²) in [5.41, 5.74) is 3.05. The smallest absolute Gasteiger partial charge is 0.251 e. The minimum Gasteiger partial charge on any atom is -0.338 e. The largest absolute Gasteiger partial charge is 0.338 e. The van der Waals surface area contributed by atoms with Gasteiger partial charge in [0.1, 0.15) is 0 Å². The van der Waals surface area contributed by atoms with E-state index >= 15 is 0 Å². The first-order valence-corrected chi connectivity index (χ1v) is 10.6. The van der Waals surface area contributed by atoms with E-state index in [2.05, 4.69) is 42.5 Å². The van der Waals surface area contributed by atoms with Crippen LogP contribution in [-0.2, 0) is 13.0 Å². The molecule has 3 heterocycles. The van der Waals surface area contributed by atoms with Crippen molar-refractivity contribution in [2.24, 2.45) is 4.99 Å². The van der Waals surface area contributed by atoms with Gasteiger partial charge in [0.25, 0.3) is 5.56 Å². The van der Waals surface area contributed by atoms with Gasteiger partial charge in [0.2, 0.25) is 5.95 Å². The summed E-state index contributed by atoms with van der Waals surface area (Å²) in [7, 11) is 0. The van der Waals surface area contributed by atoms with Crippen LogP contribution in [0.1, 0.15) is 48.9 Å². The van der Waals surface area contributed by atoms with Gasteiger partial charge in [0.05, 0.1) is 6.54 Å². The Morgan fingerprint density at radius 1 is 1.17 bits per heavy atom. The number of anilines is 1. The molecular formula is C22H30N6O. The van der Waals surface area contributed by atoms with E-state index in [-0.39, 0.29) is 5.56 Å². The molecule has 0 aromatic carbocycles. The molecule has 0 spiro atoms. The van der Waals surface area contributed by atoms with Crippen molar-refractivity contribution in [2.75, 3.05) is 31.1 Å². The van der Waals surface area contributed by atoms with Gasteiger partial charge >= 0.3 is 0 Å². The van der Waals surface area contributed by atoms with Crippen molar-refractivity contribution in [1.82, 2.24) is 19.9 Å². The first-order chi connectivity index (χ1) is 14.2. The molecule has 0 radical (unpaired) electrons. The van der Waals surface area contributed by atoms with Crippen LogP contribution >= 0.6 is 0 Å². The van der Waals surface area contributed by atoms with Gasteiger partial charge in [-0.2, -0.15) is 0 Å². The summed E-state index contributed by atoms with van der Waals surface area (Å²) in [6.45, 7) is 10.0. The predicted octanol–water partition coefficient (Wildman–Crippen LogP) is 2.39. The summed E-state index contributed by atoms with van der Waals surface area (Å²) in [5.74, 6) is 1.27. The van der Waals surface area contributed by atoms with E-state index < -0.39 is 0 Å². The lowest BCUT2D eigenvalue weighted by Crippen LogP contribution is -2.50. The molecule has 0 unspecified atom stereocenters. The molecule has 1 saturated heterocycles. The molecule has 1 aliphatic heterocycles. The molecular weight excluding hydrogens is 364 g/mol.